The quantitative estimate of drug-likeness (QED) is 0.488. The average molecular weight is 384 g/mol. The first-order chi connectivity index (χ1) is 12.9. The van der Waals surface area contributed by atoms with E-state index < -0.39 is 4.92 Å². The molecule has 0 saturated heterocycles. The van der Waals surface area contributed by atoms with Gasteiger partial charge in [0.1, 0.15) is 0 Å². The second-order valence-corrected chi connectivity index (χ2v) is 7.09. The Balaban J connectivity index is 1.77. The third-order valence-corrected chi connectivity index (χ3v) is 5.12. The number of non-ortho nitro benzene ring substituents is 1. The van der Waals surface area contributed by atoms with Crippen molar-refractivity contribution in [2.45, 2.75) is 33.7 Å². The maximum Gasteiger partial charge on any atom is 0.269 e. The van der Waals surface area contributed by atoms with E-state index in [0.29, 0.717) is 10.7 Å². The van der Waals surface area contributed by atoms with Crippen LogP contribution in [0.25, 0.3) is 11.3 Å². The Morgan fingerprint density at radius 1 is 1.30 bits per heavy atom. The van der Waals surface area contributed by atoms with Gasteiger partial charge in [0.05, 0.1) is 10.6 Å². The first kappa shape index (κ1) is 18.8. The van der Waals surface area contributed by atoms with E-state index in [-0.39, 0.29) is 11.6 Å². The lowest BCUT2D eigenvalue weighted by molar-refractivity contribution is -0.384. The number of nitro benzene ring substituents is 1. The normalized spacial score (nSPS) is 10.8. The molecule has 0 aliphatic carbocycles. The van der Waals surface area contributed by atoms with Gasteiger partial charge in [-0.2, -0.15) is 0 Å². The number of amides is 1. The molecule has 7 nitrogen and oxygen atoms in total. The Bertz CT molecular complexity index is 989. The number of aryl methyl sites for hydroxylation is 1. The smallest absolute Gasteiger partial charge is 0.269 e. The fourth-order valence-electron chi connectivity index (χ4n) is 2.99. The van der Waals surface area contributed by atoms with Crippen molar-refractivity contribution in [1.29, 1.82) is 0 Å². The maximum absolute atomic E-state index is 12.3. The zero-order valence-corrected chi connectivity index (χ0v) is 16.2. The number of hydrogen-bond donors (Lipinski definition) is 1. The second kappa shape index (κ2) is 7.71. The van der Waals surface area contributed by atoms with Crippen LogP contribution in [-0.4, -0.2) is 20.4 Å². The highest BCUT2D eigenvalue weighted by atomic mass is 32.1. The fraction of sp³-hybridized carbons (Fsp3) is 0.263. The van der Waals surface area contributed by atoms with Crippen molar-refractivity contribution >= 4 is 28.1 Å². The maximum atomic E-state index is 12.3. The topological polar surface area (TPSA) is 90.1 Å². The van der Waals surface area contributed by atoms with E-state index >= 15 is 0 Å². The van der Waals surface area contributed by atoms with Crippen LogP contribution < -0.4 is 5.32 Å². The van der Waals surface area contributed by atoms with Gasteiger partial charge in [-0.05, 0) is 38.5 Å². The summed E-state index contributed by atoms with van der Waals surface area (Å²) in [7, 11) is 0. The van der Waals surface area contributed by atoms with Gasteiger partial charge in [-0.3, -0.25) is 20.2 Å². The molecule has 0 aliphatic heterocycles. The standard InChI is InChI=1S/C19H20N4O3S/c1-4-9-22-12(2)10-16(13(22)3)17-11-27-19(20-17)21-18(24)14-5-7-15(8-6-14)23(25)26/h5-8,10-11H,4,9H2,1-3H3,(H,20,21,24). The minimum atomic E-state index is -0.496. The molecule has 0 saturated carbocycles. The van der Waals surface area contributed by atoms with Gasteiger partial charge in [0.2, 0.25) is 0 Å². The molecule has 1 aromatic carbocycles. The van der Waals surface area contributed by atoms with Crippen LogP contribution in [-0.2, 0) is 6.54 Å². The number of carbonyl (C=O) groups excluding carboxylic acids is 1. The summed E-state index contributed by atoms with van der Waals surface area (Å²) in [6, 6.07) is 7.60. The molecule has 0 bridgehead atoms. The predicted octanol–water partition coefficient (Wildman–Crippen LogP) is 4.80. The molecule has 2 aromatic heterocycles. The number of thiazole rings is 1. The molecule has 1 amide bonds. The van der Waals surface area contributed by atoms with Crippen LogP contribution >= 0.6 is 11.3 Å². The van der Waals surface area contributed by atoms with Crippen molar-refractivity contribution < 1.29 is 9.72 Å². The van der Waals surface area contributed by atoms with Crippen molar-refractivity contribution in [2.75, 3.05) is 5.32 Å². The number of nitro groups is 1. The van der Waals surface area contributed by atoms with Gasteiger partial charge in [-0.25, -0.2) is 4.98 Å². The molecule has 0 aliphatic rings. The number of carbonyl (C=O) groups is 1. The molecule has 140 valence electrons. The van der Waals surface area contributed by atoms with Crippen LogP contribution in [0.2, 0.25) is 0 Å². The van der Waals surface area contributed by atoms with Crippen LogP contribution in [0.5, 0.6) is 0 Å². The Morgan fingerprint density at radius 3 is 2.63 bits per heavy atom. The summed E-state index contributed by atoms with van der Waals surface area (Å²) in [5.74, 6) is -0.345. The third kappa shape index (κ3) is 3.90. The lowest BCUT2D eigenvalue weighted by Crippen LogP contribution is -2.11. The summed E-state index contributed by atoms with van der Waals surface area (Å²) in [6.45, 7) is 7.26. The van der Waals surface area contributed by atoms with Gasteiger partial charge in [-0.15, -0.1) is 11.3 Å². The number of benzene rings is 1. The summed E-state index contributed by atoms with van der Waals surface area (Å²) in [6.07, 6.45) is 1.06. The number of anilines is 1. The molecule has 1 N–H and O–H groups in total. The van der Waals surface area contributed by atoms with Gasteiger partial charge in [0, 0.05) is 46.6 Å². The van der Waals surface area contributed by atoms with E-state index in [0.717, 1.165) is 29.9 Å². The van der Waals surface area contributed by atoms with Crippen LogP contribution in [0, 0.1) is 24.0 Å². The minimum Gasteiger partial charge on any atom is -0.348 e. The van der Waals surface area contributed by atoms with Gasteiger partial charge in [0.15, 0.2) is 5.13 Å². The molecule has 0 atom stereocenters. The largest absolute Gasteiger partial charge is 0.348 e. The summed E-state index contributed by atoms with van der Waals surface area (Å²) in [4.78, 5) is 27.1. The van der Waals surface area contributed by atoms with Crippen molar-refractivity contribution in [1.82, 2.24) is 9.55 Å². The molecule has 8 heteroatoms. The molecule has 3 rings (SSSR count). The Kier molecular flexibility index (Phi) is 5.36. The zero-order chi connectivity index (χ0) is 19.6. The molecule has 27 heavy (non-hydrogen) atoms. The van der Waals surface area contributed by atoms with E-state index in [2.05, 4.69) is 41.7 Å². The monoisotopic (exact) mass is 384 g/mol. The van der Waals surface area contributed by atoms with Gasteiger partial charge in [-0.1, -0.05) is 6.92 Å². The van der Waals surface area contributed by atoms with Crippen molar-refractivity contribution in [2.24, 2.45) is 0 Å². The highest BCUT2D eigenvalue weighted by molar-refractivity contribution is 7.14. The molecule has 2 heterocycles. The number of aromatic nitrogens is 2. The van der Waals surface area contributed by atoms with Gasteiger partial charge >= 0.3 is 0 Å². The second-order valence-electron chi connectivity index (χ2n) is 6.23. The van der Waals surface area contributed by atoms with E-state index in [1.807, 2.05) is 5.38 Å². The van der Waals surface area contributed by atoms with E-state index in [9.17, 15) is 14.9 Å². The summed E-state index contributed by atoms with van der Waals surface area (Å²) in [5.41, 5.74) is 4.54. The molecule has 3 aromatic rings. The molecular weight excluding hydrogens is 364 g/mol. The molecule has 0 unspecified atom stereocenters. The average Bonchev–Trinajstić information content (AvgIpc) is 3.21. The fourth-order valence-corrected chi connectivity index (χ4v) is 3.69. The van der Waals surface area contributed by atoms with Gasteiger partial charge in [0.25, 0.3) is 11.6 Å². The van der Waals surface area contributed by atoms with E-state index in [1.54, 1.807) is 0 Å². The summed E-state index contributed by atoms with van der Waals surface area (Å²) >= 11 is 1.35. The number of rotatable bonds is 6. The number of nitrogens with one attached hydrogen (secondary N) is 1. The molecule has 0 fully saturated rings. The molecule has 0 spiro atoms. The summed E-state index contributed by atoms with van der Waals surface area (Å²) in [5, 5.41) is 15.9. The Labute approximate surface area is 160 Å². The first-order valence-corrected chi connectivity index (χ1v) is 9.47. The number of hydrogen-bond acceptors (Lipinski definition) is 5. The molecule has 0 radical (unpaired) electrons. The highest BCUT2D eigenvalue weighted by Crippen LogP contribution is 2.30. The van der Waals surface area contributed by atoms with Crippen LogP contribution in [0.4, 0.5) is 10.8 Å². The highest BCUT2D eigenvalue weighted by Gasteiger charge is 2.15. The predicted molar refractivity (Wildman–Crippen MR) is 106 cm³/mol. The number of nitrogens with zero attached hydrogens (tertiary/aromatic N) is 3. The Hall–Kier alpha value is -3.00. The van der Waals surface area contributed by atoms with Crippen LogP contribution in [0.3, 0.4) is 0 Å². The first-order valence-electron chi connectivity index (χ1n) is 8.59. The van der Waals surface area contributed by atoms with Gasteiger partial charge < -0.3 is 4.57 Å². The van der Waals surface area contributed by atoms with Crippen LogP contribution in [0.15, 0.2) is 35.7 Å². The van der Waals surface area contributed by atoms with Crippen molar-refractivity contribution in [3.05, 3.63) is 62.8 Å². The van der Waals surface area contributed by atoms with E-state index in [1.165, 1.54) is 41.3 Å². The summed E-state index contributed by atoms with van der Waals surface area (Å²) < 4.78 is 2.27. The van der Waals surface area contributed by atoms with E-state index in [4.69, 9.17) is 0 Å². The lowest BCUT2D eigenvalue weighted by Gasteiger charge is -2.07. The third-order valence-electron chi connectivity index (χ3n) is 4.36. The zero-order valence-electron chi connectivity index (χ0n) is 15.4. The SMILES string of the molecule is CCCn1c(C)cc(-c2csc(NC(=O)c3ccc([N+](=O)[O-])cc3)n2)c1C. The molecular formula is C19H20N4O3S. The van der Waals surface area contributed by atoms with Crippen molar-refractivity contribution in [3.63, 3.8) is 0 Å². The minimum absolute atomic E-state index is 0.0504. The lowest BCUT2D eigenvalue weighted by atomic mass is 10.2. The van der Waals surface area contributed by atoms with Crippen LogP contribution in [0.1, 0.15) is 35.1 Å². The van der Waals surface area contributed by atoms with Crippen molar-refractivity contribution in [3.8, 4) is 11.3 Å². The Morgan fingerprint density at radius 2 is 2.00 bits per heavy atom.